The monoisotopic (exact) mass is 265 g/mol. The molecule has 0 saturated heterocycles. The molecule has 0 saturated carbocycles. The highest BCUT2D eigenvalue weighted by Gasteiger charge is 2.17. The Bertz CT molecular complexity index is 509. The Morgan fingerprint density at radius 1 is 1.53 bits per heavy atom. The van der Waals surface area contributed by atoms with E-state index in [0.717, 1.165) is 22.8 Å². The molecule has 0 radical (unpaired) electrons. The predicted molar refractivity (Wildman–Crippen MR) is 70.7 cm³/mol. The van der Waals surface area contributed by atoms with Crippen LogP contribution in [0.15, 0.2) is 18.3 Å². The van der Waals surface area contributed by atoms with Gasteiger partial charge in [0.15, 0.2) is 0 Å². The number of carbonyl (C=O) groups is 1. The molecule has 4 nitrogen and oxygen atoms in total. The second-order valence-electron chi connectivity index (χ2n) is 3.79. The van der Waals surface area contributed by atoms with Gasteiger partial charge in [0.25, 0.3) is 5.91 Å². The summed E-state index contributed by atoms with van der Waals surface area (Å²) >= 11 is 3.53. The van der Waals surface area contributed by atoms with Crippen LogP contribution in [0, 0.1) is 0 Å². The van der Waals surface area contributed by atoms with Crippen LogP contribution in [0.4, 0.5) is 5.82 Å². The van der Waals surface area contributed by atoms with Gasteiger partial charge in [0, 0.05) is 16.7 Å². The van der Waals surface area contributed by atoms with E-state index in [4.69, 9.17) is 0 Å². The molecule has 0 aliphatic carbocycles. The van der Waals surface area contributed by atoms with Gasteiger partial charge in [0.05, 0.1) is 11.1 Å². The number of hydrogen-bond donors (Lipinski definition) is 2. The summed E-state index contributed by atoms with van der Waals surface area (Å²) in [5.74, 6) is 2.77. The number of nitrogens with one attached hydrogen (secondary N) is 2. The molecule has 2 aromatic rings. The molecule has 88 valence electrons. The first-order valence-electron chi connectivity index (χ1n) is 5.33. The van der Waals surface area contributed by atoms with Crippen molar-refractivity contribution in [2.75, 3.05) is 11.1 Å². The standard InChI is InChI=1S/C11H11N3OS2/c15-11(13-10-1-3-12-14-10)9-5-7-6-16-4-2-8(7)17-9/h1,3,5H,2,4,6H2,(H2,12,13,14,15). The summed E-state index contributed by atoms with van der Waals surface area (Å²) in [6, 6.07) is 3.75. The zero-order valence-electron chi connectivity index (χ0n) is 9.03. The van der Waals surface area contributed by atoms with Crippen LogP contribution in [0.2, 0.25) is 0 Å². The molecule has 0 aromatic carbocycles. The first-order valence-corrected chi connectivity index (χ1v) is 7.30. The minimum Gasteiger partial charge on any atom is -0.306 e. The van der Waals surface area contributed by atoms with Crippen molar-refractivity contribution in [1.29, 1.82) is 0 Å². The number of carbonyl (C=O) groups excluding carboxylic acids is 1. The Balaban J connectivity index is 1.79. The Hall–Kier alpha value is -1.27. The predicted octanol–water partition coefficient (Wildman–Crippen LogP) is 2.51. The molecule has 1 aliphatic rings. The van der Waals surface area contributed by atoms with Crippen LogP contribution in [0.3, 0.4) is 0 Å². The molecular formula is C11H11N3OS2. The largest absolute Gasteiger partial charge is 0.306 e. The minimum atomic E-state index is -0.0568. The summed E-state index contributed by atoms with van der Waals surface area (Å²) < 4.78 is 0. The summed E-state index contributed by atoms with van der Waals surface area (Å²) in [7, 11) is 0. The molecule has 1 amide bonds. The lowest BCUT2D eigenvalue weighted by atomic mass is 10.2. The number of nitrogens with zero attached hydrogens (tertiary/aromatic N) is 1. The van der Waals surface area contributed by atoms with Crippen LogP contribution in [0.1, 0.15) is 20.1 Å². The number of thioether (sulfide) groups is 1. The second-order valence-corrected chi connectivity index (χ2v) is 6.03. The first kappa shape index (κ1) is 10.9. The van der Waals surface area contributed by atoms with E-state index in [1.807, 2.05) is 17.8 Å². The van der Waals surface area contributed by atoms with E-state index < -0.39 is 0 Å². The Morgan fingerprint density at radius 2 is 2.47 bits per heavy atom. The van der Waals surface area contributed by atoms with E-state index in [1.165, 1.54) is 10.4 Å². The molecule has 6 heteroatoms. The van der Waals surface area contributed by atoms with Gasteiger partial charge in [-0.3, -0.25) is 9.89 Å². The summed E-state index contributed by atoms with van der Waals surface area (Å²) in [6.07, 6.45) is 2.70. The SMILES string of the molecule is O=C(Nc1ccn[nH]1)c1cc2c(s1)CCSC2. The third-order valence-corrected chi connectivity index (χ3v) is 4.84. The van der Waals surface area contributed by atoms with E-state index in [9.17, 15) is 4.79 Å². The number of fused-ring (bicyclic) bond motifs is 1. The zero-order valence-corrected chi connectivity index (χ0v) is 10.7. The van der Waals surface area contributed by atoms with Gasteiger partial charge in [0.1, 0.15) is 5.82 Å². The van der Waals surface area contributed by atoms with Crippen molar-refractivity contribution >= 4 is 34.8 Å². The van der Waals surface area contributed by atoms with Gasteiger partial charge in [-0.25, -0.2) is 0 Å². The summed E-state index contributed by atoms with van der Waals surface area (Å²) in [6.45, 7) is 0. The normalized spacial score (nSPS) is 14.4. The molecule has 0 fully saturated rings. The van der Waals surface area contributed by atoms with Crippen molar-refractivity contribution in [3.8, 4) is 0 Å². The second kappa shape index (κ2) is 4.54. The fourth-order valence-corrected chi connectivity index (χ4v) is 4.04. The average Bonchev–Trinajstić information content (AvgIpc) is 2.96. The Labute approximate surface area is 107 Å². The van der Waals surface area contributed by atoms with Gasteiger partial charge in [0.2, 0.25) is 0 Å². The van der Waals surface area contributed by atoms with Gasteiger partial charge < -0.3 is 5.32 Å². The van der Waals surface area contributed by atoms with Crippen molar-refractivity contribution in [3.63, 3.8) is 0 Å². The first-order chi connectivity index (χ1) is 8.33. The van der Waals surface area contributed by atoms with Gasteiger partial charge in [-0.05, 0) is 23.8 Å². The lowest BCUT2D eigenvalue weighted by molar-refractivity contribution is 0.103. The lowest BCUT2D eigenvalue weighted by Gasteiger charge is -2.08. The smallest absolute Gasteiger partial charge is 0.266 e. The van der Waals surface area contributed by atoms with Crippen molar-refractivity contribution in [3.05, 3.63) is 33.6 Å². The van der Waals surface area contributed by atoms with Gasteiger partial charge in [-0.2, -0.15) is 16.9 Å². The maximum Gasteiger partial charge on any atom is 0.266 e. The van der Waals surface area contributed by atoms with Crippen LogP contribution in [-0.2, 0) is 12.2 Å². The Kier molecular flexibility index (Phi) is 2.90. The van der Waals surface area contributed by atoms with E-state index >= 15 is 0 Å². The molecule has 17 heavy (non-hydrogen) atoms. The summed E-state index contributed by atoms with van der Waals surface area (Å²) in [5.41, 5.74) is 1.32. The highest BCUT2D eigenvalue weighted by Crippen LogP contribution is 2.31. The fraction of sp³-hybridized carbons (Fsp3) is 0.273. The average molecular weight is 265 g/mol. The van der Waals surface area contributed by atoms with Crippen molar-refractivity contribution in [2.24, 2.45) is 0 Å². The Morgan fingerprint density at radius 3 is 3.24 bits per heavy atom. The maximum atomic E-state index is 12.0. The molecule has 0 atom stereocenters. The zero-order chi connectivity index (χ0) is 11.7. The molecule has 0 unspecified atom stereocenters. The van der Waals surface area contributed by atoms with Crippen LogP contribution in [-0.4, -0.2) is 21.9 Å². The van der Waals surface area contributed by atoms with Gasteiger partial charge in [-0.1, -0.05) is 0 Å². The topological polar surface area (TPSA) is 57.8 Å². The van der Waals surface area contributed by atoms with E-state index in [1.54, 1.807) is 23.6 Å². The number of amides is 1. The molecule has 0 spiro atoms. The highest BCUT2D eigenvalue weighted by molar-refractivity contribution is 7.98. The summed E-state index contributed by atoms with van der Waals surface area (Å²) in [4.78, 5) is 14.1. The maximum absolute atomic E-state index is 12.0. The molecule has 1 aliphatic heterocycles. The molecule has 3 heterocycles. The molecule has 2 N–H and O–H groups in total. The lowest BCUT2D eigenvalue weighted by Crippen LogP contribution is -2.10. The van der Waals surface area contributed by atoms with Crippen LogP contribution < -0.4 is 5.32 Å². The van der Waals surface area contributed by atoms with Crippen molar-refractivity contribution in [2.45, 2.75) is 12.2 Å². The number of thiophene rings is 1. The number of aryl methyl sites for hydroxylation is 1. The molecule has 2 aromatic heterocycles. The molecule has 3 rings (SSSR count). The number of rotatable bonds is 2. The van der Waals surface area contributed by atoms with Crippen LogP contribution >= 0.6 is 23.1 Å². The highest BCUT2D eigenvalue weighted by atomic mass is 32.2. The third-order valence-electron chi connectivity index (χ3n) is 2.60. The number of aromatic nitrogens is 2. The van der Waals surface area contributed by atoms with Crippen molar-refractivity contribution in [1.82, 2.24) is 10.2 Å². The number of H-pyrrole nitrogens is 1. The van der Waals surface area contributed by atoms with Gasteiger partial charge in [-0.15, -0.1) is 11.3 Å². The molecular weight excluding hydrogens is 254 g/mol. The minimum absolute atomic E-state index is 0.0568. The number of anilines is 1. The fourth-order valence-electron chi connectivity index (χ4n) is 1.77. The third kappa shape index (κ3) is 2.23. The van der Waals surface area contributed by atoms with E-state index in [2.05, 4.69) is 15.5 Å². The van der Waals surface area contributed by atoms with E-state index in [-0.39, 0.29) is 5.91 Å². The number of aromatic amines is 1. The molecule has 0 bridgehead atoms. The summed E-state index contributed by atoms with van der Waals surface area (Å²) in [5, 5.41) is 9.31. The number of hydrogen-bond acceptors (Lipinski definition) is 4. The van der Waals surface area contributed by atoms with Crippen molar-refractivity contribution < 1.29 is 4.79 Å². The van der Waals surface area contributed by atoms with Crippen LogP contribution in [0.5, 0.6) is 0 Å². The van der Waals surface area contributed by atoms with Gasteiger partial charge >= 0.3 is 0 Å². The quantitative estimate of drug-likeness (QED) is 0.877. The van der Waals surface area contributed by atoms with E-state index in [0.29, 0.717) is 5.82 Å². The van der Waals surface area contributed by atoms with Crippen LogP contribution in [0.25, 0.3) is 0 Å².